The molecule has 1 nitrogen and oxygen atoms in total. The lowest BCUT2D eigenvalue weighted by atomic mass is 10.2. The molecule has 0 N–H and O–H groups in total. The molecule has 0 spiro atoms. The third-order valence-electron chi connectivity index (χ3n) is 0.936. The summed E-state index contributed by atoms with van der Waals surface area (Å²) in [6.45, 7) is 10.5. The molecule has 14 heavy (non-hydrogen) atoms. The van der Waals surface area contributed by atoms with Gasteiger partial charge in [-0.2, -0.15) is 0 Å². The van der Waals surface area contributed by atoms with Gasteiger partial charge in [0.25, 0.3) is 0 Å². The van der Waals surface area contributed by atoms with Crippen molar-refractivity contribution in [3.8, 4) is 0 Å². The highest BCUT2D eigenvalue weighted by molar-refractivity contribution is 5.74. The highest BCUT2D eigenvalue weighted by Gasteiger charge is 1.79. The monoisotopic (exact) mass is 194 g/mol. The third kappa shape index (κ3) is 13.5. The molecule has 0 aliphatic heterocycles. The molecule has 0 unspecified atom stereocenters. The van der Waals surface area contributed by atoms with E-state index in [9.17, 15) is 4.79 Å². The van der Waals surface area contributed by atoms with E-state index in [2.05, 4.69) is 20.8 Å². The predicted octanol–water partition coefficient (Wildman–Crippen LogP) is 4.19. The summed E-state index contributed by atoms with van der Waals surface area (Å²) in [5.41, 5.74) is 0.729. The van der Waals surface area contributed by atoms with Gasteiger partial charge in [-0.05, 0) is 5.92 Å². The molecule has 0 aliphatic carbocycles. The Morgan fingerprint density at radius 3 is 1.57 bits per heavy atom. The van der Waals surface area contributed by atoms with Crippen molar-refractivity contribution in [2.75, 3.05) is 0 Å². The number of aldehydes is 1. The third-order valence-corrected chi connectivity index (χ3v) is 0.936. The van der Waals surface area contributed by atoms with Gasteiger partial charge < -0.3 is 0 Å². The van der Waals surface area contributed by atoms with Gasteiger partial charge in [0.05, 0.1) is 0 Å². The summed E-state index contributed by atoms with van der Waals surface area (Å²) in [5, 5.41) is 0. The fourth-order valence-corrected chi connectivity index (χ4v) is 0.532. The quantitative estimate of drug-likeness (QED) is 0.613. The van der Waals surface area contributed by atoms with E-state index in [1.165, 1.54) is 0 Å². The van der Waals surface area contributed by atoms with Crippen LogP contribution < -0.4 is 0 Å². The van der Waals surface area contributed by atoms with Crippen LogP contribution in [0.4, 0.5) is 0 Å². The maximum atomic E-state index is 10.0. The summed E-state index contributed by atoms with van der Waals surface area (Å²) in [7, 11) is 0. The molecule has 80 valence electrons. The second-order valence-corrected chi connectivity index (χ2v) is 3.26. The van der Waals surface area contributed by atoms with E-state index < -0.39 is 0 Å². The molecule has 0 bridgehead atoms. The zero-order valence-corrected chi connectivity index (χ0v) is 9.95. The molecule has 0 atom stereocenters. The second-order valence-electron chi connectivity index (χ2n) is 3.26. The Morgan fingerprint density at radius 2 is 1.36 bits per heavy atom. The van der Waals surface area contributed by atoms with E-state index in [-0.39, 0.29) is 0 Å². The van der Waals surface area contributed by atoms with Gasteiger partial charge in [0.2, 0.25) is 0 Å². The summed E-state index contributed by atoms with van der Waals surface area (Å²) < 4.78 is 0. The Labute approximate surface area is 88.2 Å². The van der Waals surface area contributed by atoms with E-state index in [4.69, 9.17) is 0 Å². The molecule has 0 aliphatic rings. The van der Waals surface area contributed by atoms with Crippen LogP contribution in [0, 0.1) is 5.92 Å². The second kappa shape index (κ2) is 11.9. The molecule has 1 aromatic carbocycles. The fraction of sp³-hybridized carbons (Fsp3) is 0.462. The molecule has 1 heteroatoms. The Morgan fingerprint density at radius 1 is 1.00 bits per heavy atom. The average Bonchev–Trinajstić information content (AvgIpc) is 2.21. The zero-order valence-electron chi connectivity index (χ0n) is 9.95. The molecule has 1 aromatic rings. The van der Waals surface area contributed by atoms with Crippen molar-refractivity contribution in [2.24, 2.45) is 5.92 Å². The van der Waals surface area contributed by atoms with Crippen LogP contribution in [0.1, 0.15) is 45.0 Å². The Hall–Kier alpha value is -1.11. The van der Waals surface area contributed by atoms with Crippen molar-refractivity contribution < 1.29 is 4.79 Å². The van der Waals surface area contributed by atoms with Crippen LogP contribution in [0.15, 0.2) is 30.3 Å². The predicted molar refractivity (Wildman–Crippen MR) is 63.7 cm³/mol. The SMILES string of the molecule is CC.CC(C)C.O=Cc1ccccc1. The number of rotatable bonds is 1. The van der Waals surface area contributed by atoms with E-state index in [0.29, 0.717) is 0 Å². The number of carbonyl (C=O) groups is 1. The number of hydrogen-bond donors (Lipinski definition) is 0. The minimum absolute atomic E-state index is 0.729. The molecule has 0 fully saturated rings. The van der Waals surface area contributed by atoms with E-state index in [1.54, 1.807) is 12.1 Å². The van der Waals surface area contributed by atoms with Gasteiger partial charge in [-0.1, -0.05) is 65.0 Å². The van der Waals surface area contributed by atoms with Crippen molar-refractivity contribution >= 4 is 6.29 Å². The first kappa shape index (κ1) is 15.4. The molecular formula is C13H22O. The van der Waals surface area contributed by atoms with Crippen LogP contribution >= 0.6 is 0 Å². The number of hydrogen-bond acceptors (Lipinski definition) is 1. The van der Waals surface area contributed by atoms with Crippen LogP contribution in [-0.4, -0.2) is 6.29 Å². The smallest absolute Gasteiger partial charge is 0.150 e. The van der Waals surface area contributed by atoms with Gasteiger partial charge in [0, 0.05) is 5.56 Å². The maximum absolute atomic E-state index is 10.0. The van der Waals surface area contributed by atoms with Crippen LogP contribution in [0.5, 0.6) is 0 Å². The van der Waals surface area contributed by atoms with E-state index in [1.807, 2.05) is 32.0 Å². The van der Waals surface area contributed by atoms with Gasteiger partial charge in [-0.25, -0.2) is 0 Å². The fourth-order valence-electron chi connectivity index (χ4n) is 0.532. The van der Waals surface area contributed by atoms with Crippen molar-refractivity contribution in [2.45, 2.75) is 34.6 Å². The van der Waals surface area contributed by atoms with Gasteiger partial charge in [0.15, 0.2) is 0 Å². The van der Waals surface area contributed by atoms with Crippen molar-refractivity contribution in [3.05, 3.63) is 35.9 Å². The van der Waals surface area contributed by atoms with Crippen molar-refractivity contribution in [3.63, 3.8) is 0 Å². The average molecular weight is 194 g/mol. The Balaban J connectivity index is 0. The lowest BCUT2D eigenvalue weighted by molar-refractivity contribution is 0.112. The maximum Gasteiger partial charge on any atom is 0.150 e. The summed E-state index contributed by atoms with van der Waals surface area (Å²) in [6, 6.07) is 9.10. The van der Waals surface area contributed by atoms with Gasteiger partial charge in [-0.15, -0.1) is 0 Å². The summed E-state index contributed by atoms with van der Waals surface area (Å²) >= 11 is 0. The molecule has 1 rings (SSSR count). The van der Waals surface area contributed by atoms with Crippen LogP contribution in [-0.2, 0) is 0 Å². The summed E-state index contributed by atoms with van der Waals surface area (Å²) in [5.74, 6) is 0.833. The van der Waals surface area contributed by atoms with Crippen molar-refractivity contribution in [1.29, 1.82) is 0 Å². The molecule has 0 saturated heterocycles. The van der Waals surface area contributed by atoms with Gasteiger partial charge in [0.1, 0.15) is 6.29 Å². The van der Waals surface area contributed by atoms with Crippen LogP contribution in [0.25, 0.3) is 0 Å². The minimum atomic E-state index is 0.729. The topological polar surface area (TPSA) is 17.1 Å². The lowest BCUT2D eigenvalue weighted by Gasteiger charge is -1.81. The number of carbonyl (C=O) groups excluding carboxylic acids is 1. The summed E-state index contributed by atoms with van der Waals surface area (Å²) in [6.07, 6.45) is 0.833. The molecular weight excluding hydrogens is 172 g/mol. The normalized spacial score (nSPS) is 7.86. The molecule has 0 radical (unpaired) electrons. The highest BCUT2D eigenvalue weighted by atomic mass is 16.1. The largest absolute Gasteiger partial charge is 0.298 e. The summed E-state index contributed by atoms with van der Waals surface area (Å²) in [4.78, 5) is 10.0. The molecule has 0 amide bonds. The van der Waals surface area contributed by atoms with Gasteiger partial charge in [-0.3, -0.25) is 4.79 Å². The van der Waals surface area contributed by atoms with Crippen molar-refractivity contribution in [1.82, 2.24) is 0 Å². The molecule has 0 aromatic heterocycles. The molecule has 0 saturated carbocycles. The van der Waals surface area contributed by atoms with Crippen LogP contribution in [0.2, 0.25) is 0 Å². The van der Waals surface area contributed by atoms with E-state index in [0.717, 1.165) is 17.8 Å². The van der Waals surface area contributed by atoms with E-state index >= 15 is 0 Å². The minimum Gasteiger partial charge on any atom is -0.298 e. The number of benzene rings is 1. The lowest BCUT2D eigenvalue weighted by Crippen LogP contribution is -1.73. The first-order chi connectivity index (χ1) is 6.66. The highest BCUT2D eigenvalue weighted by Crippen LogP contribution is 1.91. The van der Waals surface area contributed by atoms with Crippen LogP contribution in [0.3, 0.4) is 0 Å². The Bertz CT molecular complexity index is 199. The first-order valence-corrected chi connectivity index (χ1v) is 5.17. The standard InChI is InChI=1S/C7H6O.C4H10.C2H6/c8-6-7-4-2-1-3-5-7;1-4(2)3;1-2/h1-6H;4H,1-3H3;1-2H3. The molecule has 0 heterocycles. The zero-order chi connectivity index (χ0) is 11.4. The van der Waals surface area contributed by atoms with Gasteiger partial charge >= 0.3 is 0 Å². The Kier molecular flexibility index (Phi) is 13.1. The first-order valence-electron chi connectivity index (χ1n) is 5.17.